The number of nitrogens with zero attached hydrogens (tertiary/aromatic N) is 1. The topological polar surface area (TPSA) is 62.2 Å². The summed E-state index contributed by atoms with van der Waals surface area (Å²) in [4.78, 5) is 14.9. The van der Waals surface area contributed by atoms with Gasteiger partial charge in [-0.2, -0.15) is 0 Å². The molecule has 1 rings (SSSR count). The lowest BCUT2D eigenvalue weighted by molar-refractivity contribution is 0.0697. The number of hydrogen-bond donors (Lipinski definition) is 2. The second kappa shape index (κ2) is 4.51. The van der Waals surface area contributed by atoms with Crippen LogP contribution < -0.4 is 5.32 Å². The van der Waals surface area contributed by atoms with Gasteiger partial charge in [-0.1, -0.05) is 20.8 Å². The average molecular weight is 222 g/mol. The monoisotopic (exact) mass is 222 g/mol. The van der Waals surface area contributed by atoms with Crippen molar-refractivity contribution >= 4 is 11.7 Å². The van der Waals surface area contributed by atoms with Crippen molar-refractivity contribution in [1.82, 2.24) is 4.98 Å². The van der Waals surface area contributed by atoms with Crippen LogP contribution in [0.4, 0.5) is 5.69 Å². The van der Waals surface area contributed by atoms with E-state index < -0.39 is 5.97 Å². The number of carboxylic acids is 1. The number of anilines is 1. The van der Waals surface area contributed by atoms with Crippen molar-refractivity contribution in [1.29, 1.82) is 0 Å². The summed E-state index contributed by atoms with van der Waals surface area (Å²) in [5, 5.41) is 12.2. The van der Waals surface area contributed by atoms with Crippen LogP contribution in [-0.4, -0.2) is 22.1 Å². The molecule has 2 N–H and O–H groups in total. The summed E-state index contributed by atoms with van der Waals surface area (Å²) >= 11 is 0. The highest BCUT2D eigenvalue weighted by atomic mass is 16.4. The van der Waals surface area contributed by atoms with Crippen LogP contribution in [0.25, 0.3) is 0 Å². The molecule has 4 heteroatoms. The minimum absolute atomic E-state index is 0.0611. The zero-order chi connectivity index (χ0) is 12.3. The molecule has 0 bridgehead atoms. The molecular formula is C12H18N2O2. The van der Waals surface area contributed by atoms with Crippen molar-refractivity contribution in [3.63, 3.8) is 0 Å². The molecule has 0 saturated heterocycles. The second-order valence-corrected chi connectivity index (χ2v) is 4.96. The van der Waals surface area contributed by atoms with E-state index in [9.17, 15) is 4.79 Å². The van der Waals surface area contributed by atoms with Crippen LogP contribution in [0, 0.1) is 5.41 Å². The molecule has 0 saturated carbocycles. The molecule has 0 radical (unpaired) electrons. The van der Waals surface area contributed by atoms with E-state index in [4.69, 9.17) is 5.11 Å². The molecule has 4 nitrogen and oxygen atoms in total. The third-order valence-corrected chi connectivity index (χ3v) is 2.72. The van der Waals surface area contributed by atoms with E-state index in [1.165, 1.54) is 12.3 Å². The lowest BCUT2D eigenvalue weighted by Crippen LogP contribution is -2.31. The Bertz CT molecular complexity index is 383. The first-order valence-corrected chi connectivity index (χ1v) is 5.26. The predicted molar refractivity (Wildman–Crippen MR) is 63.7 cm³/mol. The molecule has 0 amide bonds. The van der Waals surface area contributed by atoms with Crippen molar-refractivity contribution in [3.05, 3.63) is 24.0 Å². The van der Waals surface area contributed by atoms with Gasteiger partial charge in [0.2, 0.25) is 0 Å². The second-order valence-electron chi connectivity index (χ2n) is 4.96. The third-order valence-electron chi connectivity index (χ3n) is 2.72. The highest BCUT2D eigenvalue weighted by Crippen LogP contribution is 2.24. The van der Waals surface area contributed by atoms with Crippen molar-refractivity contribution in [3.8, 4) is 0 Å². The van der Waals surface area contributed by atoms with E-state index in [1.807, 2.05) is 6.92 Å². The molecule has 0 aliphatic carbocycles. The third kappa shape index (κ3) is 2.95. The van der Waals surface area contributed by atoms with Gasteiger partial charge in [0.1, 0.15) is 0 Å². The molecule has 1 heterocycles. The zero-order valence-corrected chi connectivity index (χ0v) is 10.1. The first-order chi connectivity index (χ1) is 7.32. The molecular weight excluding hydrogens is 204 g/mol. The Hall–Kier alpha value is -1.58. The summed E-state index contributed by atoms with van der Waals surface area (Å²) < 4.78 is 0. The van der Waals surface area contributed by atoms with Gasteiger partial charge in [-0.25, -0.2) is 4.79 Å². The van der Waals surface area contributed by atoms with E-state index >= 15 is 0 Å². The van der Waals surface area contributed by atoms with Gasteiger partial charge in [-0.15, -0.1) is 0 Å². The molecule has 1 unspecified atom stereocenters. The minimum atomic E-state index is -0.939. The van der Waals surface area contributed by atoms with Crippen molar-refractivity contribution in [2.75, 3.05) is 5.32 Å². The number of nitrogens with one attached hydrogen (secondary N) is 1. The van der Waals surface area contributed by atoms with E-state index in [2.05, 4.69) is 31.1 Å². The smallest absolute Gasteiger partial charge is 0.337 e. The van der Waals surface area contributed by atoms with Gasteiger partial charge in [-0.3, -0.25) is 4.98 Å². The van der Waals surface area contributed by atoms with Gasteiger partial charge in [0.15, 0.2) is 0 Å². The van der Waals surface area contributed by atoms with Crippen LogP contribution in [0.5, 0.6) is 0 Å². The highest BCUT2D eigenvalue weighted by Gasteiger charge is 2.21. The van der Waals surface area contributed by atoms with Gasteiger partial charge >= 0.3 is 5.97 Å². The molecule has 16 heavy (non-hydrogen) atoms. The Morgan fingerprint density at radius 1 is 1.50 bits per heavy atom. The van der Waals surface area contributed by atoms with Crippen molar-refractivity contribution in [2.45, 2.75) is 33.7 Å². The lowest BCUT2D eigenvalue weighted by atomic mass is 9.88. The fraction of sp³-hybridized carbons (Fsp3) is 0.500. The number of rotatable bonds is 3. The molecule has 1 aromatic heterocycles. The molecule has 0 aliphatic heterocycles. The largest absolute Gasteiger partial charge is 0.478 e. The lowest BCUT2D eigenvalue weighted by Gasteiger charge is -2.29. The fourth-order valence-electron chi connectivity index (χ4n) is 1.15. The number of pyridine rings is 1. The number of aromatic carboxylic acids is 1. The molecule has 1 aromatic rings. The standard InChI is InChI=1S/C12H18N2O2/c1-8(12(2,3)4)14-10-7-13-6-5-9(10)11(15)16/h5-8,14H,1-4H3,(H,15,16). The first kappa shape index (κ1) is 12.5. The molecule has 88 valence electrons. The Labute approximate surface area is 95.7 Å². The molecule has 0 spiro atoms. The van der Waals surface area contributed by atoms with Gasteiger partial charge in [0.05, 0.1) is 17.4 Å². The van der Waals surface area contributed by atoms with Crippen LogP contribution in [0.1, 0.15) is 38.1 Å². The molecule has 1 atom stereocenters. The van der Waals surface area contributed by atoms with Crippen LogP contribution in [0.15, 0.2) is 18.5 Å². The van der Waals surface area contributed by atoms with Gasteiger partial charge in [0, 0.05) is 12.2 Å². The number of carboxylic acid groups (broad SMARTS) is 1. The van der Waals surface area contributed by atoms with Gasteiger partial charge in [-0.05, 0) is 18.4 Å². The molecule has 0 aromatic carbocycles. The number of hydrogen-bond acceptors (Lipinski definition) is 3. The summed E-state index contributed by atoms with van der Waals surface area (Å²) in [5.41, 5.74) is 0.884. The number of carbonyl (C=O) groups is 1. The van der Waals surface area contributed by atoms with Crippen molar-refractivity contribution < 1.29 is 9.90 Å². The minimum Gasteiger partial charge on any atom is -0.478 e. The first-order valence-electron chi connectivity index (χ1n) is 5.26. The molecule has 0 aliphatic rings. The summed E-state index contributed by atoms with van der Waals surface area (Å²) in [6, 6.07) is 1.66. The maximum Gasteiger partial charge on any atom is 0.337 e. The Kier molecular flexibility index (Phi) is 3.52. The summed E-state index contributed by atoms with van der Waals surface area (Å²) in [7, 11) is 0. The summed E-state index contributed by atoms with van der Waals surface area (Å²) in [6.45, 7) is 8.32. The fourth-order valence-corrected chi connectivity index (χ4v) is 1.15. The SMILES string of the molecule is CC(Nc1cnccc1C(=O)O)C(C)(C)C. The summed E-state index contributed by atoms with van der Waals surface area (Å²) in [5.74, 6) is -0.939. The molecule has 0 fully saturated rings. The number of aromatic nitrogens is 1. The van der Waals surface area contributed by atoms with E-state index in [0.29, 0.717) is 5.69 Å². The normalized spacial score (nSPS) is 13.2. The van der Waals surface area contributed by atoms with Crippen LogP contribution in [0.2, 0.25) is 0 Å². The van der Waals surface area contributed by atoms with E-state index in [1.54, 1.807) is 6.20 Å². The Balaban J connectivity index is 2.93. The van der Waals surface area contributed by atoms with Gasteiger partial charge in [0.25, 0.3) is 0 Å². The summed E-state index contributed by atoms with van der Waals surface area (Å²) in [6.07, 6.45) is 3.03. The van der Waals surface area contributed by atoms with Crippen LogP contribution >= 0.6 is 0 Å². The maximum absolute atomic E-state index is 11.0. The van der Waals surface area contributed by atoms with E-state index in [0.717, 1.165) is 0 Å². The maximum atomic E-state index is 11.0. The van der Waals surface area contributed by atoms with Crippen molar-refractivity contribution in [2.24, 2.45) is 5.41 Å². The Morgan fingerprint density at radius 2 is 2.12 bits per heavy atom. The zero-order valence-electron chi connectivity index (χ0n) is 10.1. The average Bonchev–Trinajstić information content (AvgIpc) is 2.16. The Morgan fingerprint density at radius 3 is 2.62 bits per heavy atom. The quantitative estimate of drug-likeness (QED) is 0.825. The predicted octanol–water partition coefficient (Wildman–Crippen LogP) is 2.63. The van der Waals surface area contributed by atoms with Crippen LogP contribution in [-0.2, 0) is 0 Å². The van der Waals surface area contributed by atoms with Gasteiger partial charge < -0.3 is 10.4 Å². The van der Waals surface area contributed by atoms with Crippen LogP contribution in [0.3, 0.4) is 0 Å². The van der Waals surface area contributed by atoms with E-state index in [-0.39, 0.29) is 17.0 Å². The highest BCUT2D eigenvalue weighted by molar-refractivity contribution is 5.93.